The Morgan fingerprint density at radius 2 is 2.22 bits per heavy atom. The quantitative estimate of drug-likeness (QED) is 0.832. The summed E-state index contributed by atoms with van der Waals surface area (Å²) >= 11 is 0. The zero-order chi connectivity index (χ0) is 16.1. The largest absolute Gasteiger partial charge is 0.383 e. The van der Waals surface area contributed by atoms with Gasteiger partial charge >= 0.3 is 0 Å². The Labute approximate surface area is 138 Å². The van der Waals surface area contributed by atoms with Crippen LogP contribution in [0.4, 0.5) is 0 Å². The highest BCUT2D eigenvalue weighted by atomic mass is 16.5. The maximum atomic E-state index is 12.3. The predicted molar refractivity (Wildman–Crippen MR) is 88.9 cm³/mol. The van der Waals surface area contributed by atoms with Crippen molar-refractivity contribution in [3.05, 3.63) is 30.1 Å². The average Bonchev–Trinajstić information content (AvgIpc) is 2.58. The minimum absolute atomic E-state index is 0.259. The van der Waals surface area contributed by atoms with Crippen molar-refractivity contribution >= 4 is 5.91 Å². The minimum atomic E-state index is 0.259. The zero-order valence-electron chi connectivity index (χ0n) is 14.0. The molecule has 3 heterocycles. The molecule has 1 atom stereocenters. The number of carbonyl (C=O) groups excluding carboxylic acids is 1. The van der Waals surface area contributed by atoms with Gasteiger partial charge in [-0.1, -0.05) is 6.07 Å². The molecule has 1 aromatic heterocycles. The molecule has 1 amide bonds. The number of hydrogen-bond acceptors (Lipinski definition) is 4. The molecule has 5 heteroatoms. The molecule has 3 rings (SSSR count). The number of hydrogen-bond donors (Lipinski definition) is 0. The summed E-state index contributed by atoms with van der Waals surface area (Å²) in [5, 5.41) is 0. The van der Waals surface area contributed by atoms with E-state index in [0.717, 1.165) is 44.9 Å². The Kier molecular flexibility index (Phi) is 5.28. The van der Waals surface area contributed by atoms with Crippen molar-refractivity contribution < 1.29 is 9.53 Å². The van der Waals surface area contributed by atoms with E-state index in [2.05, 4.69) is 9.88 Å². The number of amides is 1. The molecule has 2 fully saturated rings. The van der Waals surface area contributed by atoms with Crippen LogP contribution in [0.1, 0.15) is 31.4 Å². The first kappa shape index (κ1) is 16.4. The average molecular weight is 317 g/mol. The van der Waals surface area contributed by atoms with Gasteiger partial charge in [-0.3, -0.25) is 9.78 Å². The molecule has 0 saturated carbocycles. The summed E-state index contributed by atoms with van der Waals surface area (Å²) in [7, 11) is 1.76. The SMILES string of the molecule is COCCN1CCC[C@]2(CCC(=O)N(Cc3ccccn3)C2)C1. The molecule has 2 aliphatic rings. The van der Waals surface area contributed by atoms with E-state index >= 15 is 0 Å². The van der Waals surface area contributed by atoms with Crippen molar-refractivity contribution in [3.8, 4) is 0 Å². The number of aromatic nitrogens is 1. The molecule has 0 radical (unpaired) electrons. The van der Waals surface area contributed by atoms with E-state index in [1.165, 1.54) is 12.8 Å². The second kappa shape index (κ2) is 7.41. The third kappa shape index (κ3) is 4.09. The number of rotatable bonds is 5. The summed E-state index contributed by atoms with van der Waals surface area (Å²) in [5.41, 5.74) is 1.24. The fourth-order valence-electron chi connectivity index (χ4n) is 3.99. The second-order valence-corrected chi connectivity index (χ2v) is 6.94. The maximum absolute atomic E-state index is 12.3. The molecule has 126 valence electrons. The summed E-state index contributed by atoms with van der Waals surface area (Å²) < 4.78 is 5.22. The zero-order valence-corrected chi connectivity index (χ0v) is 14.0. The molecule has 2 aliphatic heterocycles. The lowest BCUT2D eigenvalue weighted by molar-refractivity contribution is -0.140. The van der Waals surface area contributed by atoms with Gasteiger partial charge in [-0.2, -0.15) is 0 Å². The van der Waals surface area contributed by atoms with Crippen molar-refractivity contribution in [1.82, 2.24) is 14.8 Å². The van der Waals surface area contributed by atoms with Gasteiger partial charge in [-0.15, -0.1) is 0 Å². The van der Waals surface area contributed by atoms with Gasteiger partial charge in [-0.25, -0.2) is 0 Å². The minimum Gasteiger partial charge on any atom is -0.383 e. The fourth-order valence-corrected chi connectivity index (χ4v) is 3.99. The maximum Gasteiger partial charge on any atom is 0.222 e. The molecule has 23 heavy (non-hydrogen) atoms. The van der Waals surface area contributed by atoms with Crippen LogP contribution in [-0.4, -0.2) is 60.6 Å². The summed E-state index contributed by atoms with van der Waals surface area (Å²) in [6.45, 7) is 5.52. The fraction of sp³-hybridized carbons (Fsp3) is 0.667. The van der Waals surface area contributed by atoms with Crippen molar-refractivity contribution in [1.29, 1.82) is 0 Å². The van der Waals surface area contributed by atoms with Crippen LogP contribution in [-0.2, 0) is 16.1 Å². The van der Waals surface area contributed by atoms with Gasteiger partial charge in [0, 0.05) is 44.8 Å². The molecule has 1 aromatic rings. The van der Waals surface area contributed by atoms with E-state index in [1.54, 1.807) is 13.3 Å². The highest BCUT2D eigenvalue weighted by molar-refractivity contribution is 5.77. The van der Waals surface area contributed by atoms with E-state index in [4.69, 9.17) is 4.74 Å². The molecule has 5 nitrogen and oxygen atoms in total. The Bertz CT molecular complexity index is 522. The van der Waals surface area contributed by atoms with Gasteiger partial charge in [-0.05, 0) is 37.9 Å². The standard InChI is InChI=1S/C18H27N3O2/c1-23-12-11-20-10-4-7-18(14-20)8-6-17(22)21(15-18)13-16-5-2-3-9-19-16/h2-3,5,9H,4,6-8,10-15H2,1H3/t18-/m0/s1. The number of ether oxygens (including phenoxy) is 1. The van der Waals surface area contributed by atoms with Crippen LogP contribution in [0.5, 0.6) is 0 Å². The van der Waals surface area contributed by atoms with E-state index in [-0.39, 0.29) is 11.3 Å². The van der Waals surface area contributed by atoms with Crippen LogP contribution in [0, 0.1) is 5.41 Å². The molecule has 0 N–H and O–H groups in total. The van der Waals surface area contributed by atoms with Crippen LogP contribution in [0.25, 0.3) is 0 Å². The monoisotopic (exact) mass is 317 g/mol. The van der Waals surface area contributed by atoms with Crippen LogP contribution in [0.15, 0.2) is 24.4 Å². The first-order valence-electron chi connectivity index (χ1n) is 8.60. The summed E-state index contributed by atoms with van der Waals surface area (Å²) in [6.07, 6.45) is 5.93. The van der Waals surface area contributed by atoms with Gasteiger partial charge in [0.15, 0.2) is 0 Å². The lowest BCUT2D eigenvalue weighted by atomic mass is 9.73. The van der Waals surface area contributed by atoms with Crippen molar-refractivity contribution in [3.63, 3.8) is 0 Å². The number of pyridine rings is 1. The number of likely N-dealkylation sites (tertiary alicyclic amines) is 2. The first-order valence-corrected chi connectivity index (χ1v) is 8.60. The Balaban J connectivity index is 1.65. The van der Waals surface area contributed by atoms with Gasteiger partial charge in [0.2, 0.25) is 5.91 Å². The number of carbonyl (C=O) groups is 1. The first-order chi connectivity index (χ1) is 11.2. The van der Waals surface area contributed by atoms with Crippen LogP contribution in [0.3, 0.4) is 0 Å². The third-order valence-corrected chi connectivity index (χ3v) is 5.18. The van der Waals surface area contributed by atoms with Gasteiger partial charge in [0.25, 0.3) is 0 Å². The number of piperidine rings is 2. The summed E-state index contributed by atoms with van der Waals surface area (Å²) in [5.74, 6) is 0.273. The Morgan fingerprint density at radius 3 is 3.00 bits per heavy atom. The number of methoxy groups -OCH3 is 1. The van der Waals surface area contributed by atoms with Crippen LogP contribution < -0.4 is 0 Å². The number of nitrogens with zero attached hydrogens (tertiary/aromatic N) is 3. The predicted octanol–water partition coefficient (Wildman–Crippen LogP) is 1.93. The molecule has 0 aromatic carbocycles. The Morgan fingerprint density at radius 1 is 1.30 bits per heavy atom. The van der Waals surface area contributed by atoms with Crippen molar-refractivity contribution in [2.45, 2.75) is 32.2 Å². The molecule has 1 spiro atoms. The molecular formula is C18H27N3O2. The molecular weight excluding hydrogens is 290 g/mol. The highest BCUT2D eigenvalue weighted by Crippen LogP contribution is 2.39. The van der Waals surface area contributed by atoms with Gasteiger partial charge in [0.1, 0.15) is 0 Å². The summed E-state index contributed by atoms with van der Waals surface area (Å²) in [4.78, 5) is 21.2. The Hall–Kier alpha value is -1.46. The lowest BCUT2D eigenvalue weighted by Crippen LogP contribution is -2.54. The van der Waals surface area contributed by atoms with Gasteiger partial charge in [0.05, 0.1) is 18.8 Å². The van der Waals surface area contributed by atoms with Crippen LogP contribution >= 0.6 is 0 Å². The van der Waals surface area contributed by atoms with E-state index in [1.807, 2.05) is 23.1 Å². The topological polar surface area (TPSA) is 45.7 Å². The smallest absolute Gasteiger partial charge is 0.222 e. The lowest BCUT2D eigenvalue weighted by Gasteiger charge is -2.48. The highest BCUT2D eigenvalue weighted by Gasteiger charge is 2.41. The van der Waals surface area contributed by atoms with E-state index < -0.39 is 0 Å². The van der Waals surface area contributed by atoms with Gasteiger partial charge < -0.3 is 14.5 Å². The van der Waals surface area contributed by atoms with E-state index in [0.29, 0.717) is 13.0 Å². The second-order valence-electron chi connectivity index (χ2n) is 6.94. The third-order valence-electron chi connectivity index (χ3n) is 5.18. The molecule has 2 saturated heterocycles. The molecule has 0 aliphatic carbocycles. The van der Waals surface area contributed by atoms with E-state index in [9.17, 15) is 4.79 Å². The summed E-state index contributed by atoms with van der Waals surface area (Å²) in [6, 6.07) is 5.90. The van der Waals surface area contributed by atoms with Crippen molar-refractivity contribution in [2.75, 3.05) is 39.9 Å². The molecule has 0 unspecified atom stereocenters. The van der Waals surface area contributed by atoms with Crippen LogP contribution in [0.2, 0.25) is 0 Å². The normalized spacial score (nSPS) is 26.0. The van der Waals surface area contributed by atoms with Crippen molar-refractivity contribution in [2.24, 2.45) is 5.41 Å². The molecule has 0 bridgehead atoms.